The quantitative estimate of drug-likeness (QED) is 0.717. The first-order chi connectivity index (χ1) is 13.8. The second-order valence-electron chi connectivity index (χ2n) is 7.62. The minimum atomic E-state index is 0.167. The van der Waals surface area contributed by atoms with Crippen LogP contribution in [0.15, 0.2) is 30.3 Å². The van der Waals surface area contributed by atoms with E-state index in [2.05, 4.69) is 49.6 Å². The number of aliphatic hydroxyl groups is 1. The molecule has 2 aliphatic rings. The fourth-order valence-electron chi connectivity index (χ4n) is 4.32. The van der Waals surface area contributed by atoms with Crippen molar-refractivity contribution in [1.29, 1.82) is 0 Å². The van der Waals surface area contributed by atoms with Gasteiger partial charge in [0.25, 0.3) is 0 Å². The first-order valence-corrected chi connectivity index (χ1v) is 10.3. The summed E-state index contributed by atoms with van der Waals surface area (Å²) in [6.45, 7) is 6.34. The fraction of sp³-hybridized carbons (Fsp3) is 0.650. The van der Waals surface area contributed by atoms with Crippen molar-refractivity contribution in [3.05, 3.63) is 41.7 Å². The van der Waals surface area contributed by atoms with E-state index in [1.165, 1.54) is 5.56 Å². The van der Waals surface area contributed by atoms with Crippen molar-refractivity contribution in [2.24, 2.45) is 0 Å². The van der Waals surface area contributed by atoms with E-state index in [0.717, 1.165) is 71.0 Å². The van der Waals surface area contributed by atoms with Crippen molar-refractivity contribution in [3.8, 4) is 0 Å². The van der Waals surface area contributed by atoms with E-state index < -0.39 is 0 Å². The molecule has 2 atom stereocenters. The van der Waals surface area contributed by atoms with Gasteiger partial charge in [0.05, 0.1) is 32.4 Å². The Morgan fingerprint density at radius 1 is 1.04 bits per heavy atom. The Morgan fingerprint density at radius 2 is 1.86 bits per heavy atom. The van der Waals surface area contributed by atoms with Crippen molar-refractivity contribution < 1.29 is 9.84 Å². The van der Waals surface area contributed by atoms with Gasteiger partial charge in [0.1, 0.15) is 0 Å². The van der Waals surface area contributed by atoms with Crippen LogP contribution < -0.4 is 0 Å². The molecule has 0 amide bonds. The van der Waals surface area contributed by atoms with Gasteiger partial charge in [-0.1, -0.05) is 30.3 Å². The molecule has 152 valence electrons. The smallest absolute Gasteiger partial charge is 0.168 e. The number of tetrazole rings is 1. The van der Waals surface area contributed by atoms with Crippen LogP contribution in [0.5, 0.6) is 0 Å². The Hall–Kier alpha value is -1.87. The van der Waals surface area contributed by atoms with Crippen LogP contribution in [-0.2, 0) is 17.7 Å². The maximum atomic E-state index is 9.87. The van der Waals surface area contributed by atoms with Gasteiger partial charge >= 0.3 is 0 Å². The summed E-state index contributed by atoms with van der Waals surface area (Å²) in [7, 11) is 0. The van der Waals surface area contributed by atoms with Gasteiger partial charge in [-0.25, -0.2) is 4.68 Å². The molecule has 4 rings (SSSR count). The molecular formula is C20H30N6O2. The lowest BCUT2D eigenvalue weighted by atomic mass is 10.1. The van der Waals surface area contributed by atoms with Gasteiger partial charge in [-0.2, -0.15) is 0 Å². The molecule has 0 saturated carbocycles. The third-order valence-electron chi connectivity index (χ3n) is 5.94. The highest BCUT2D eigenvalue weighted by Gasteiger charge is 2.36. The number of morpholine rings is 1. The van der Waals surface area contributed by atoms with Crippen LogP contribution in [0.2, 0.25) is 0 Å². The van der Waals surface area contributed by atoms with E-state index in [9.17, 15) is 5.11 Å². The van der Waals surface area contributed by atoms with Gasteiger partial charge in [0.2, 0.25) is 0 Å². The molecule has 1 aromatic heterocycles. The van der Waals surface area contributed by atoms with Gasteiger partial charge in [-0.15, -0.1) is 5.10 Å². The minimum Gasteiger partial charge on any atom is -0.395 e. The van der Waals surface area contributed by atoms with E-state index in [0.29, 0.717) is 0 Å². The fourth-order valence-corrected chi connectivity index (χ4v) is 4.32. The second kappa shape index (κ2) is 9.56. The number of rotatable bonds is 8. The lowest BCUT2D eigenvalue weighted by Crippen LogP contribution is -2.39. The highest BCUT2D eigenvalue weighted by atomic mass is 16.5. The van der Waals surface area contributed by atoms with Crippen molar-refractivity contribution in [2.75, 3.05) is 46.0 Å². The van der Waals surface area contributed by atoms with Crippen LogP contribution in [-0.4, -0.2) is 87.2 Å². The summed E-state index contributed by atoms with van der Waals surface area (Å²) in [5.41, 5.74) is 1.32. The summed E-state index contributed by atoms with van der Waals surface area (Å²) in [4.78, 5) is 4.79. The minimum absolute atomic E-state index is 0.167. The van der Waals surface area contributed by atoms with E-state index >= 15 is 0 Å². The van der Waals surface area contributed by atoms with Gasteiger partial charge in [-0.05, 0) is 35.3 Å². The molecule has 2 aliphatic heterocycles. The van der Waals surface area contributed by atoms with Gasteiger partial charge < -0.3 is 9.84 Å². The molecule has 1 N–H and O–H groups in total. The van der Waals surface area contributed by atoms with Crippen LogP contribution in [0.3, 0.4) is 0 Å². The lowest BCUT2D eigenvalue weighted by molar-refractivity contribution is 0.0355. The number of likely N-dealkylation sites (tertiary alicyclic amines) is 1. The third kappa shape index (κ3) is 4.57. The predicted molar refractivity (Wildman–Crippen MR) is 105 cm³/mol. The summed E-state index contributed by atoms with van der Waals surface area (Å²) in [6, 6.07) is 10.9. The van der Waals surface area contributed by atoms with Crippen molar-refractivity contribution >= 4 is 0 Å². The molecule has 0 unspecified atom stereocenters. The van der Waals surface area contributed by atoms with Crippen molar-refractivity contribution in [2.45, 2.75) is 37.9 Å². The number of aromatic nitrogens is 4. The standard InChI is InChI=1S/C20H30N6O2/c27-16-18-6-7-19(25(18)9-8-17-4-2-1-3-5-17)20-21-22-23-26(20)11-10-24-12-14-28-15-13-24/h1-5,18-19,27H,6-16H2/t18-,19+/m0/s1. The zero-order valence-corrected chi connectivity index (χ0v) is 16.4. The summed E-state index contributed by atoms with van der Waals surface area (Å²) in [5, 5.41) is 22.5. The first kappa shape index (κ1) is 19.4. The molecule has 1 aromatic carbocycles. The van der Waals surface area contributed by atoms with Crippen molar-refractivity contribution in [3.63, 3.8) is 0 Å². The van der Waals surface area contributed by atoms with Crippen LogP contribution in [0.25, 0.3) is 0 Å². The SMILES string of the molecule is OC[C@@H]1CC[C@H](c2nnnn2CCN2CCOCC2)N1CCc1ccccc1. The summed E-state index contributed by atoms with van der Waals surface area (Å²) < 4.78 is 7.38. The van der Waals surface area contributed by atoms with E-state index in [1.807, 2.05) is 10.7 Å². The zero-order chi connectivity index (χ0) is 19.2. The maximum absolute atomic E-state index is 9.87. The molecule has 0 bridgehead atoms. The average Bonchev–Trinajstić information content (AvgIpc) is 3.38. The Kier molecular flexibility index (Phi) is 6.64. The zero-order valence-electron chi connectivity index (χ0n) is 16.4. The summed E-state index contributed by atoms with van der Waals surface area (Å²) >= 11 is 0. The topological polar surface area (TPSA) is 79.5 Å². The van der Waals surface area contributed by atoms with Gasteiger partial charge in [0, 0.05) is 32.2 Å². The molecule has 8 nitrogen and oxygen atoms in total. The summed E-state index contributed by atoms with van der Waals surface area (Å²) in [5.74, 6) is 0.928. The molecule has 0 aliphatic carbocycles. The average molecular weight is 387 g/mol. The molecule has 28 heavy (non-hydrogen) atoms. The van der Waals surface area contributed by atoms with E-state index in [-0.39, 0.29) is 18.7 Å². The number of nitrogens with zero attached hydrogens (tertiary/aromatic N) is 6. The highest BCUT2D eigenvalue weighted by Crippen LogP contribution is 2.34. The Balaban J connectivity index is 1.42. The number of hydrogen-bond donors (Lipinski definition) is 1. The molecular weight excluding hydrogens is 356 g/mol. The van der Waals surface area contributed by atoms with E-state index in [4.69, 9.17) is 4.74 Å². The monoisotopic (exact) mass is 386 g/mol. The largest absolute Gasteiger partial charge is 0.395 e. The predicted octanol–water partition coefficient (Wildman–Crippen LogP) is 0.746. The van der Waals surface area contributed by atoms with Gasteiger partial charge in [0.15, 0.2) is 5.82 Å². The Morgan fingerprint density at radius 3 is 2.64 bits per heavy atom. The van der Waals surface area contributed by atoms with E-state index in [1.54, 1.807) is 0 Å². The Labute approximate surface area is 166 Å². The normalized spacial score (nSPS) is 24.0. The molecule has 3 heterocycles. The number of benzene rings is 1. The molecule has 0 radical (unpaired) electrons. The number of hydrogen-bond acceptors (Lipinski definition) is 7. The molecule has 2 fully saturated rings. The second-order valence-corrected chi connectivity index (χ2v) is 7.62. The molecule has 2 aromatic rings. The maximum Gasteiger partial charge on any atom is 0.168 e. The number of ether oxygens (including phenoxy) is 1. The third-order valence-corrected chi connectivity index (χ3v) is 5.94. The van der Waals surface area contributed by atoms with Gasteiger partial charge in [-0.3, -0.25) is 9.80 Å². The van der Waals surface area contributed by atoms with Crippen LogP contribution in [0.4, 0.5) is 0 Å². The Bertz CT molecular complexity index is 718. The van der Waals surface area contributed by atoms with Crippen molar-refractivity contribution in [1.82, 2.24) is 30.0 Å². The highest BCUT2D eigenvalue weighted by molar-refractivity contribution is 5.15. The van der Waals surface area contributed by atoms with Crippen LogP contribution >= 0.6 is 0 Å². The number of aliphatic hydroxyl groups excluding tert-OH is 1. The first-order valence-electron chi connectivity index (χ1n) is 10.3. The lowest BCUT2D eigenvalue weighted by Gasteiger charge is -2.29. The molecule has 8 heteroatoms. The van der Waals surface area contributed by atoms with Crippen LogP contribution in [0, 0.1) is 0 Å². The molecule has 2 saturated heterocycles. The molecule has 0 spiro atoms. The summed E-state index contributed by atoms with van der Waals surface area (Å²) in [6.07, 6.45) is 2.92. The van der Waals surface area contributed by atoms with Crippen LogP contribution in [0.1, 0.15) is 30.3 Å².